The van der Waals surface area contributed by atoms with Gasteiger partial charge in [0.05, 0.1) is 11.8 Å². The lowest BCUT2D eigenvalue weighted by atomic mass is 9.84. The van der Waals surface area contributed by atoms with Crippen LogP contribution in [0.15, 0.2) is 55.3 Å². The Kier molecular flexibility index (Phi) is 2.53. The topological polar surface area (TPSA) is 43.4 Å². The van der Waals surface area contributed by atoms with Crippen molar-refractivity contribution in [1.82, 2.24) is 0 Å². The van der Waals surface area contributed by atoms with E-state index in [9.17, 15) is 9.59 Å². The Bertz CT molecular complexity index is 714. The summed E-state index contributed by atoms with van der Waals surface area (Å²) in [6.07, 6.45) is 1.24. The molecule has 0 aromatic heterocycles. The van der Waals surface area contributed by atoms with Crippen molar-refractivity contribution in [2.24, 2.45) is 0 Å². The summed E-state index contributed by atoms with van der Waals surface area (Å²) in [4.78, 5) is 24.9. The van der Waals surface area contributed by atoms with Gasteiger partial charge in [-0.15, -0.1) is 0 Å². The number of carbonyl (C=O) groups excluding carboxylic acids is 2. The lowest BCUT2D eigenvalue weighted by Crippen LogP contribution is -2.21. The number of hydrogen-bond acceptors (Lipinski definition) is 3. The van der Waals surface area contributed by atoms with Crippen LogP contribution in [0.4, 0.5) is 0 Å². The zero-order chi connectivity index (χ0) is 13.4. The molecule has 0 radical (unpaired) electrons. The first-order valence-corrected chi connectivity index (χ1v) is 5.83. The van der Waals surface area contributed by atoms with Crippen molar-refractivity contribution in [2.75, 3.05) is 0 Å². The number of ketones is 2. The second-order valence-corrected chi connectivity index (χ2v) is 4.17. The number of benzene rings is 2. The molecule has 1 aliphatic rings. The zero-order valence-corrected chi connectivity index (χ0v) is 10.1. The summed E-state index contributed by atoms with van der Waals surface area (Å²) in [5, 5.41) is 0. The van der Waals surface area contributed by atoms with E-state index in [1.165, 1.54) is 6.26 Å². The molecule has 0 bridgehead atoms. The Hall–Kier alpha value is -2.68. The molecule has 0 saturated heterocycles. The Morgan fingerprint density at radius 1 is 0.842 bits per heavy atom. The molecule has 0 unspecified atom stereocenters. The molecule has 19 heavy (non-hydrogen) atoms. The molecule has 2 aromatic rings. The third-order valence-corrected chi connectivity index (χ3v) is 3.12. The predicted molar refractivity (Wildman–Crippen MR) is 70.6 cm³/mol. The lowest BCUT2D eigenvalue weighted by Gasteiger charge is -2.19. The number of hydrogen-bond donors (Lipinski definition) is 0. The van der Waals surface area contributed by atoms with Gasteiger partial charge in [-0.1, -0.05) is 43.0 Å². The average molecular weight is 250 g/mol. The van der Waals surface area contributed by atoms with Gasteiger partial charge in [0.1, 0.15) is 5.75 Å². The van der Waals surface area contributed by atoms with Crippen LogP contribution in [0.1, 0.15) is 31.8 Å². The molecule has 2 aromatic carbocycles. The van der Waals surface area contributed by atoms with Crippen LogP contribution in [-0.4, -0.2) is 11.6 Å². The second kappa shape index (κ2) is 4.21. The van der Waals surface area contributed by atoms with Crippen LogP contribution in [0.5, 0.6) is 5.75 Å². The van der Waals surface area contributed by atoms with Crippen LogP contribution in [0.2, 0.25) is 0 Å². The van der Waals surface area contributed by atoms with Crippen molar-refractivity contribution in [3.8, 4) is 5.75 Å². The molecule has 92 valence electrons. The highest BCUT2D eigenvalue weighted by Gasteiger charge is 2.31. The fraction of sp³-hybridized carbons (Fsp3) is 0. The van der Waals surface area contributed by atoms with Gasteiger partial charge in [-0.05, 0) is 6.07 Å². The summed E-state index contributed by atoms with van der Waals surface area (Å²) in [7, 11) is 0. The summed E-state index contributed by atoms with van der Waals surface area (Å²) in [6, 6.07) is 11.8. The number of ether oxygens (including phenoxy) is 1. The smallest absolute Gasteiger partial charge is 0.198 e. The van der Waals surface area contributed by atoms with Gasteiger partial charge in [0.25, 0.3) is 0 Å². The monoisotopic (exact) mass is 250 g/mol. The fourth-order valence-electron chi connectivity index (χ4n) is 2.30. The molecule has 0 atom stereocenters. The van der Waals surface area contributed by atoms with E-state index in [0.717, 1.165) is 0 Å². The van der Waals surface area contributed by atoms with E-state index >= 15 is 0 Å². The van der Waals surface area contributed by atoms with Gasteiger partial charge in [0, 0.05) is 16.7 Å². The minimum absolute atomic E-state index is 0.153. The Labute approximate surface area is 110 Å². The van der Waals surface area contributed by atoms with Crippen molar-refractivity contribution in [3.63, 3.8) is 0 Å². The Morgan fingerprint density at radius 2 is 1.47 bits per heavy atom. The van der Waals surface area contributed by atoms with E-state index < -0.39 is 0 Å². The van der Waals surface area contributed by atoms with Crippen molar-refractivity contribution in [3.05, 3.63) is 77.6 Å². The lowest BCUT2D eigenvalue weighted by molar-refractivity contribution is 0.0977. The van der Waals surface area contributed by atoms with Crippen molar-refractivity contribution in [2.45, 2.75) is 0 Å². The van der Waals surface area contributed by atoms with Crippen molar-refractivity contribution >= 4 is 11.6 Å². The minimum Gasteiger partial charge on any atom is -0.465 e. The molecule has 0 spiro atoms. The van der Waals surface area contributed by atoms with Gasteiger partial charge in [0.2, 0.25) is 0 Å². The normalized spacial score (nSPS) is 12.6. The SMILES string of the molecule is C=COc1cccc2c1C(=O)c1ccccc1C2=O. The van der Waals surface area contributed by atoms with E-state index in [-0.39, 0.29) is 11.6 Å². The third-order valence-electron chi connectivity index (χ3n) is 3.12. The molecule has 0 aliphatic heterocycles. The van der Waals surface area contributed by atoms with Gasteiger partial charge in [0.15, 0.2) is 11.6 Å². The number of carbonyl (C=O) groups is 2. The second-order valence-electron chi connectivity index (χ2n) is 4.17. The van der Waals surface area contributed by atoms with Crippen LogP contribution in [0.3, 0.4) is 0 Å². The van der Waals surface area contributed by atoms with Crippen LogP contribution >= 0.6 is 0 Å². The summed E-state index contributed by atoms with van der Waals surface area (Å²) in [5.74, 6) is 0.0164. The van der Waals surface area contributed by atoms with Crippen LogP contribution < -0.4 is 4.74 Å². The van der Waals surface area contributed by atoms with Crippen LogP contribution in [0.25, 0.3) is 0 Å². The van der Waals surface area contributed by atoms with Crippen LogP contribution in [-0.2, 0) is 0 Å². The molecule has 0 amide bonds. The van der Waals surface area contributed by atoms with E-state index in [1.54, 1.807) is 42.5 Å². The molecule has 0 N–H and O–H groups in total. The first-order valence-electron chi connectivity index (χ1n) is 5.83. The first-order chi connectivity index (χ1) is 9.24. The molecule has 1 aliphatic carbocycles. The molecule has 0 saturated carbocycles. The maximum Gasteiger partial charge on any atom is 0.198 e. The third kappa shape index (κ3) is 1.59. The summed E-state index contributed by atoms with van der Waals surface area (Å²) in [5.41, 5.74) is 1.55. The van der Waals surface area contributed by atoms with Crippen LogP contribution in [0, 0.1) is 0 Å². The van der Waals surface area contributed by atoms with E-state index in [0.29, 0.717) is 28.0 Å². The molecular weight excluding hydrogens is 240 g/mol. The maximum atomic E-state index is 12.5. The number of rotatable bonds is 2. The van der Waals surface area contributed by atoms with E-state index in [4.69, 9.17) is 4.74 Å². The average Bonchev–Trinajstić information content (AvgIpc) is 2.45. The van der Waals surface area contributed by atoms with Crippen molar-refractivity contribution in [1.29, 1.82) is 0 Å². The highest BCUT2D eigenvalue weighted by molar-refractivity contribution is 6.29. The maximum absolute atomic E-state index is 12.5. The van der Waals surface area contributed by atoms with Gasteiger partial charge in [-0.3, -0.25) is 9.59 Å². The van der Waals surface area contributed by atoms with Gasteiger partial charge >= 0.3 is 0 Å². The fourth-order valence-corrected chi connectivity index (χ4v) is 2.30. The molecule has 0 heterocycles. The minimum atomic E-state index is -0.192. The highest BCUT2D eigenvalue weighted by Crippen LogP contribution is 2.33. The first kappa shape index (κ1) is 11.4. The zero-order valence-electron chi connectivity index (χ0n) is 10.1. The molecule has 3 heteroatoms. The van der Waals surface area contributed by atoms with Gasteiger partial charge in [-0.25, -0.2) is 0 Å². The molecule has 0 fully saturated rings. The molecule has 3 nitrogen and oxygen atoms in total. The number of fused-ring (bicyclic) bond motifs is 2. The van der Waals surface area contributed by atoms with Gasteiger partial charge in [-0.2, -0.15) is 0 Å². The summed E-state index contributed by atoms with van der Waals surface area (Å²) in [6.45, 7) is 3.47. The molecule has 3 rings (SSSR count). The highest BCUT2D eigenvalue weighted by atomic mass is 16.5. The standard InChI is InChI=1S/C16H10O3/c1-2-19-13-9-5-8-12-14(13)16(18)11-7-4-3-6-10(11)15(12)17/h2-9H,1H2. The predicted octanol–water partition coefficient (Wildman–Crippen LogP) is 2.98. The quantitative estimate of drug-likeness (QED) is 0.657. The summed E-state index contributed by atoms with van der Waals surface area (Å²) < 4.78 is 5.23. The largest absolute Gasteiger partial charge is 0.465 e. The molecular formula is C16H10O3. The Morgan fingerprint density at radius 3 is 2.16 bits per heavy atom. The van der Waals surface area contributed by atoms with Gasteiger partial charge < -0.3 is 4.74 Å². The Balaban J connectivity index is 2.29. The van der Waals surface area contributed by atoms with E-state index in [1.807, 2.05) is 0 Å². The summed E-state index contributed by atoms with van der Waals surface area (Å²) >= 11 is 0. The van der Waals surface area contributed by atoms with Crippen molar-refractivity contribution < 1.29 is 14.3 Å². The van der Waals surface area contributed by atoms with E-state index in [2.05, 4.69) is 6.58 Å².